The van der Waals surface area contributed by atoms with Gasteiger partial charge in [0, 0.05) is 31.4 Å². The van der Waals surface area contributed by atoms with Gasteiger partial charge in [-0.15, -0.1) is 11.3 Å². The van der Waals surface area contributed by atoms with Crippen LogP contribution in [0.4, 0.5) is 4.79 Å². The molecule has 0 saturated heterocycles. The van der Waals surface area contributed by atoms with E-state index >= 15 is 0 Å². The number of carbonyl (C=O) groups excluding carboxylic acids is 1. The average molecular weight is 271 g/mol. The molecule has 0 fully saturated rings. The van der Waals surface area contributed by atoms with Crippen LogP contribution in [0.3, 0.4) is 0 Å². The van der Waals surface area contributed by atoms with E-state index in [1.807, 2.05) is 12.3 Å². The average Bonchev–Trinajstić information content (AvgIpc) is 2.82. The Morgan fingerprint density at radius 1 is 1.56 bits per heavy atom. The maximum Gasteiger partial charge on any atom is 0.317 e. The molecule has 1 rings (SSSR count). The Hall–Kier alpha value is -1.63. The molecule has 0 bridgehead atoms. The van der Waals surface area contributed by atoms with Gasteiger partial charge in [-0.3, -0.25) is 4.79 Å². The van der Waals surface area contributed by atoms with Crippen molar-refractivity contribution in [3.8, 4) is 0 Å². The molecule has 1 aromatic rings. The molecule has 0 aliphatic rings. The monoisotopic (exact) mass is 271 g/mol. The highest BCUT2D eigenvalue weighted by molar-refractivity contribution is 7.07. The minimum absolute atomic E-state index is 0.0344. The van der Waals surface area contributed by atoms with Gasteiger partial charge >= 0.3 is 12.0 Å². The highest BCUT2D eigenvalue weighted by Crippen LogP contribution is 2.01. The number of carboxylic acids is 1. The first-order valence-corrected chi connectivity index (χ1v) is 6.69. The molecule has 0 saturated carbocycles. The summed E-state index contributed by atoms with van der Waals surface area (Å²) in [4.78, 5) is 27.8. The Morgan fingerprint density at radius 3 is 2.89 bits per heavy atom. The topological polar surface area (TPSA) is 82.5 Å². The van der Waals surface area contributed by atoms with E-state index in [4.69, 9.17) is 5.11 Å². The second-order valence-corrected chi connectivity index (χ2v) is 4.40. The first kappa shape index (κ1) is 14.4. The van der Waals surface area contributed by atoms with Crippen LogP contribution >= 0.6 is 11.3 Å². The van der Waals surface area contributed by atoms with Crippen LogP contribution in [0.1, 0.15) is 19.0 Å². The number of carboxylic acid groups (broad SMARTS) is 1. The number of nitrogens with zero attached hydrogens (tertiary/aromatic N) is 2. The van der Waals surface area contributed by atoms with Crippen molar-refractivity contribution in [2.75, 3.05) is 19.6 Å². The van der Waals surface area contributed by atoms with Crippen LogP contribution in [-0.4, -0.2) is 46.6 Å². The van der Waals surface area contributed by atoms with Crippen molar-refractivity contribution in [3.63, 3.8) is 0 Å². The normalized spacial score (nSPS) is 10.1. The molecule has 6 nitrogen and oxygen atoms in total. The zero-order chi connectivity index (χ0) is 13.4. The molecule has 0 aliphatic heterocycles. The lowest BCUT2D eigenvalue weighted by Crippen LogP contribution is -2.41. The number of aromatic nitrogens is 1. The van der Waals surface area contributed by atoms with Crippen LogP contribution in [0.25, 0.3) is 0 Å². The van der Waals surface area contributed by atoms with Crippen molar-refractivity contribution >= 4 is 23.3 Å². The van der Waals surface area contributed by atoms with E-state index in [2.05, 4.69) is 10.3 Å². The maximum absolute atomic E-state index is 11.7. The summed E-state index contributed by atoms with van der Waals surface area (Å²) in [5.74, 6) is -0.899. The molecule has 2 N–H and O–H groups in total. The molecule has 0 aliphatic carbocycles. The lowest BCUT2D eigenvalue weighted by molar-refractivity contribution is -0.137. The van der Waals surface area contributed by atoms with E-state index in [1.54, 1.807) is 5.51 Å². The summed E-state index contributed by atoms with van der Waals surface area (Å²) in [5.41, 5.74) is 2.71. The molecule has 2 amide bonds. The van der Waals surface area contributed by atoms with Crippen molar-refractivity contribution < 1.29 is 14.7 Å². The molecule has 100 valence electrons. The molecule has 7 heteroatoms. The maximum atomic E-state index is 11.7. The first-order chi connectivity index (χ1) is 8.63. The van der Waals surface area contributed by atoms with E-state index < -0.39 is 5.97 Å². The van der Waals surface area contributed by atoms with E-state index in [0.29, 0.717) is 19.5 Å². The fourth-order valence-corrected chi connectivity index (χ4v) is 2.00. The Kier molecular flexibility index (Phi) is 6.13. The number of urea groups is 1. The third kappa shape index (κ3) is 5.13. The van der Waals surface area contributed by atoms with Gasteiger partial charge in [-0.1, -0.05) is 0 Å². The van der Waals surface area contributed by atoms with Gasteiger partial charge in [-0.2, -0.15) is 0 Å². The van der Waals surface area contributed by atoms with Crippen molar-refractivity contribution in [2.45, 2.75) is 19.8 Å². The number of hydrogen-bond acceptors (Lipinski definition) is 4. The van der Waals surface area contributed by atoms with Crippen molar-refractivity contribution in [1.82, 2.24) is 15.2 Å². The van der Waals surface area contributed by atoms with E-state index in [0.717, 1.165) is 5.69 Å². The number of carbonyl (C=O) groups is 2. The molecule has 1 heterocycles. The number of rotatable bonds is 7. The van der Waals surface area contributed by atoms with Crippen molar-refractivity contribution in [1.29, 1.82) is 0 Å². The largest absolute Gasteiger partial charge is 0.481 e. The fourth-order valence-electron chi connectivity index (χ4n) is 1.40. The Morgan fingerprint density at radius 2 is 2.33 bits per heavy atom. The van der Waals surface area contributed by atoms with Crippen molar-refractivity contribution in [2.24, 2.45) is 0 Å². The minimum Gasteiger partial charge on any atom is -0.481 e. The van der Waals surface area contributed by atoms with Gasteiger partial charge in [-0.25, -0.2) is 9.78 Å². The lowest BCUT2D eigenvalue weighted by atomic mass is 10.3. The van der Waals surface area contributed by atoms with Crippen LogP contribution in [0, 0.1) is 0 Å². The molecule has 0 radical (unpaired) electrons. The molecular weight excluding hydrogens is 254 g/mol. The third-order valence-corrected chi connectivity index (χ3v) is 3.04. The van der Waals surface area contributed by atoms with Gasteiger partial charge in [0.2, 0.25) is 0 Å². The Bertz CT molecular complexity index is 381. The van der Waals surface area contributed by atoms with Crippen molar-refractivity contribution in [3.05, 3.63) is 16.6 Å². The molecule has 1 aromatic heterocycles. The van der Waals surface area contributed by atoms with Gasteiger partial charge in [0.05, 0.1) is 17.6 Å². The number of amides is 2. The van der Waals surface area contributed by atoms with Gasteiger partial charge in [-0.05, 0) is 6.92 Å². The summed E-state index contributed by atoms with van der Waals surface area (Å²) in [7, 11) is 0. The zero-order valence-electron chi connectivity index (χ0n) is 10.3. The highest BCUT2D eigenvalue weighted by Gasteiger charge is 2.12. The minimum atomic E-state index is -0.899. The van der Waals surface area contributed by atoms with Gasteiger partial charge in [0.25, 0.3) is 0 Å². The standard InChI is InChI=1S/C11H17N3O3S/c1-2-14(6-4-10(15)16)11(17)12-5-3-9-7-18-8-13-9/h7-8H,2-6H2,1H3,(H,12,17)(H,15,16). The second-order valence-electron chi connectivity index (χ2n) is 3.69. The van der Waals surface area contributed by atoms with Crippen LogP contribution in [0.5, 0.6) is 0 Å². The third-order valence-electron chi connectivity index (χ3n) is 2.41. The summed E-state index contributed by atoms with van der Waals surface area (Å²) in [5, 5.41) is 13.3. The van der Waals surface area contributed by atoms with E-state index in [1.165, 1.54) is 16.2 Å². The summed E-state index contributed by atoms with van der Waals surface area (Å²) < 4.78 is 0. The van der Waals surface area contributed by atoms with Crippen LogP contribution in [0.2, 0.25) is 0 Å². The molecule has 0 spiro atoms. The predicted octanol–water partition coefficient (Wildman–Crippen LogP) is 1.19. The lowest BCUT2D eigenvalue weighted by Gasteiger charge is -2.20. The zero-order valence-corrected chi connectivity index (χ0v) is 11.1. The second kappa shape index (κ2) is 7.65. The summed E-state index contributed by atoms with van der Waals surface area (Å²) >= 11 is 1.52. The summed E-state index contributed by atoms with van der Waals surface area (Å²) in [6, 6.07) is -0.228. The SMILES string of the molecule is CCN(CCC(=O)O)C(=O)NCCc1cscn1. The predicted molar refractivity (Wildman–Crippen MR) is 68.7 cm³/mol. The highest BCUT2D eigenvalue weighted by atomic mass is 32.1. The van der Waals surface area contributed by atoms with E-state index in [-0.39, 0.29) is 19.0 Å². The smallest absolute Gasteiger partial charge is 0.317 e. The van der Waals surface area contributed by atoms with Gasteiger partial charge in [0.15, 0.2) is 0 Å². The molecule has 0 unspecified atom stereocenters. The fraction of sp³-hybridized carbons (Fsp3) is 0.545. The van der Waals surface area contributed by atoms with Gasteiger partial charge < -0.3 is 15.3 Å². The quantitative estimate of drug-likeness (QED) is 0.780. The summed E-state index contributed by atoms with van der Waals surface area (Å²) in [6.45, 7) is 3.05. The molecule has 0 aromatic carbocycles. The number of hydrogen-bond donors (Lipinski definition) is 2. The van der Waals surface area contributed by atoms with Crippen LogP contribution in [-0.2, 0) is 11.2 Å². The van der Waals surface area contributed by atoms with Crippen LogP contribution in [0.15, 0.2) is 10.9 Å². The van der Waals surface area contributed by atoms with Crippen LogP contribution < -0.4 is 5.32 Å². The number of thiazole rings is 1. The molecular formula is C11H17N3O3S. The molecule has 0 atom stereocenters. The van der Waals surface area contributed by atoms with Gasteiger partial charge in [0.1, 0.15) is 0 Å². The Balaban J connectivity index is 2.26. The summed E-state index contributed by atoms with van der Waals surface area (Å²) in [6.07, 6.45) is 0.652. The number of nitrogens with one attached hydrogen (secondary N) is 1. The van der Waals surface area contributed by atoms with E-state index in [9.17, 15) is 9.59 Å². The first-order valence-electron chi connectivity index (χ1n) is 5.75. The molecule has 18 heavy (non-hydrogen) atoms. The Labute approximate surface area is 110 Å². The number of aliphatic carboxylic acids is 1.